The van der Waals surface area contributed by atoms with Gasteiger partial charge in [-0.25, -0.2) is 8.42 Å². The van der Waals surface area contributed by atoms with E-state index in [0.717, 1.165) is 4.31 Å². The van der Waals surface area contributed by atoms with Gasteiger partial charge in [-0.2, -0.15) is 0 Å². The molecule has 0 radical (unpaired) electrons. The Morgan fingerprint density at radius 2 is 1.57 bits per heavy atom. The normalized spacial score (nSPS) is 11.1. The number of hydrogen-bond donors (Lipinski definition) is 0. The van der Waals surface area contributed by atoms with Crippen molar-refractivity contribution in [2.75, 3.05) is 24.9 Å². The van der Waals surface area contributed by atoms with E-state index in [4.69, 9.17) is 11.6 Å². The van der Waals surface area contributed by atoms with Gasteiger partial charge in [0.25, 0.3) is 10.0 Å². The Kier molecular flexibility index (Phi) is 5.28. The molecule has 0 aliphatic heterocycles. The fourth-order valence-corrected chi connectivity index (χ4v) is 3.45. The molecule has 0 spiro atoms. The maximum Gasteiger partial charge on any atom is 0.264 e. The van der Waals surface area contributed by atoms with Crippen molar-refractivity contribution in [3.05, 3.63) is 59.6 Å². The molecule has 1 amide bonds. The largest absolute Gasteiger partial charge is 0.347 e. The molecule has 2 aromatic carbocycles. The average molecular weight is 353 g/mol. The van der Waals surface area contributed by atoms with Crippen molar-refractivity contribution in [2.45, 2.75) is 4.90 Å². The summed E-state index contributed by atoms with van der Waals surface area (Å²) in [4.78, 5) is 13.5. The minimum Gasteiger partial charge on any atom is -0.347 e. The van der Waals surface area contributed by atoms with E-state index in [0.29, 0.717) is 10.7 Å². The summed E-state index contributed by atoms with van der Waals surface area (Å²) in [6.07, 6.45) is 0. The zero-order valence-electron chi connectivity index (χ0n) is 12.8. The standard InChI is InChI=1S/C16H17ClN2O3S/c1-18(2)16(20)12-19(14-6-4-3-5-7-14)23(21,22)15-10-8-13(17)9-11-15/h3-11H,12H2,1-2H3. The molecule has 0 saturated heterocycles. The fourth-order valence-electron chi connectivity index (χ4n) is 1.91. The molecule has 0 fully saturated rings. The highest BCUT2D eigenvalue weighted by Crippen LogP contribution is 2.24. The van der Waals surface area contributed by atoms with Gasteiger partial charge in [0, 0.05) is 19.1 Å². The number of benzene rings is 2. The summed E-state index contributed by atoms with van der Waals surface area (Å²) in [5, 5.41) is 0.444. The Labute approximate surface area is 141 Å². The molecular weight excluding hydrogens is 336 g/mol. The Morgan fingerprint density at radius 3 is 2.09 bits per heavy atom. The van der Waals surface area contributed by atoms with E-state index in [-0.39, 0.29) is 17.3 Å². The van der Waals surface area contributed by atoms with Crippen LogP contribution in [0.4, 0.5) is 5.69 Å². The molecule has 5 nitrogen and oxygen atoms in total. The van der Waals surface area contributed by atoms with Crippen LogP contribution in [-0.4, -0.2) is 39.9 Å². The van der Waals surface area contributed by atoms with Gasteiger partial charge in [0.1, 0.15) is 6.54 Å². The van der Waals surface area contributed by atoms with Crippen molar-refractivity contribution in [3.63, 3.8) is 0 Å². The third-order valence-electron chi connectivity index (χ3n) is 3.22. The lowest BCUT2D eigenvalue weighted by Gasteiger charge is -2.25. The minimum absolute atomic E-state index is 0.0808. The van der Waals surface area contributed by atoms with Crippen molar-refractivity contribution >= 4 is 33.2 Å². The van der Waals surface area contributed by atoms with Crippen LogP contribution in [-0.2, 0) is 14.8 Å². The Balaban J connectivity index is 2.48. The molecule has 0 atom stereocenters. The van der Waals surface area contributed by atoms with E-state index in [2.05, 4.69) is 0 Å². The number of halogens is 1. The van der Waals surface area contributed by atoms with Crippen LogP contribution < -0.4 is 4.31 Å². The molecule has 0 unspecified atom stereocenters. The molecule has 0 aliphatic carbocycles. The first kappa shape index (κ1) is 17.3. The molecule has 23 heavy (non-hydrogen) atoms. The highest BCUT2D eigenvalue weighted by atomic mass is 35.5. The number of rotatable bonds is 5. The lowest BCUT2D eigenvalue weighted by Crippen LogP contribution is -2.40. The van der Waals surface area contributed by atoms with Crippen LogP contribution in [0.25, 0.3) is 0 Å². The molecule has 122 valence electrons. The topological polar surface area (TPSA) is 57.7 Å². The van der Waals surface area contributed by atoms with E-state index < -0.39 is 10.0 Å². The first-order valence-electron chi connectivity index (χ1n) is 6.86. The Morgan fingerprint density at radius 1 is 1.00 bits per heavy atom. The smallest absolute Gasteiger partial charge is 0.264 e. The summed E-state index contributed by atoms with van der Waals surface area (Å²) >= 11 is 5.82. The molecule has 0 N–H and O–H groups in total. The molecular formula is C16H17ClN2O3S. The molecule has 0 heterocycles. The predicted octanol–water partition coefficient (Wildman–Crippen LogP) is 2.62. The number of amides is 1. The second kappa shape index (κ2) is 7.02. The molecule has 7 heteroatoms. The summed E-state index contributed by atoms with van der Waals surface area (Å²) in [5.41, 5.74) is 0.428. The SMILES string of the molecule is CN(C)C(=O)CN(c1ccccc1)S(=O)(=O)c1ccc(Cl)cc1. The molecule has 0 saturated carbocycles. The summed E-state index contributed by atoms with van der Waals surface area (Å²) in [5.74, 6) is -0.314. The second-order valence-corrected chi connectivity index (χ2v) is 7.39. The number of likely N-dealkylation sites (N-methyl/N-ethyl adjacent to an activating group) is 1. The van der Waals surface area contributed by atoms with Gasteiger partial charge in [0.05, 0.1) is 10.6 Å². The summed E-state index contributed by atoms with van der Waals surface area (Å²) < 4.78 is 26.9. The van der Waals surface area contributed by atoms with Gasteiger partial charge >= 0.3 is 0 Å². The second-order valence-electron chi connectivity index (χ2n) is 5.09. The summed E-state index contributed by atoms with van der Waals surface area (Å²) in [6, 6.07) is 14.4. The van der Waals surface area contributed by atoms with E-state index in [1.165, 1.54) is 29.2 Å². The predicted molar refractivity (Wildman–Crippen MR) is 91.1 cm³/mol. The molecule has 0 aliphatic rings. The van der Waals surface area contributed by atoms with Crippen LogP contribution in [0.15, 0.2) is 59.5 Å². The van der Waals surface area contributed by atoms with E-state index in [1.54, 1.807) is 44.4 Å². The number of anilines is 1. The zero-order chi connectivity index (χ0) is 17.0. The van der Waals surface area contributed by atoms with Gasteiger partial charge in [-0.15, -0.1) is 0 Å². The lowest BCUT2D eigenvalue weighted by atomic mass is 10.3. The Hall–Kier alpha value is -2.05. The average Bonchev–Trinajstić information content (AvgIpc) is 2.53. The molecule has 0 bridgehead atoms. The van der Waals surface area contributed by atoms with Crippen molar-refractivity contribution in [1.82, 2.24) is 4.90 Å². The van der Waals surface area contributed by atoms with E-state index >= 15 is 0 Å². The number of hydrogen-bond acceptors (Lipinski definition) is 3. The zero-order valence-corrected chi connectivity index (χ0v) is 14.4. The van der Waals surface area contributed by atoms with Crippen LogP contribution >= 0.6 is 11.6 Å². The number of sulfonamides is 1. The van der Waals surface area contributed by atoms with Gasteiger partial charge in [-0.1, -0.05) is 29.8 Å². The van der Waals surface area contributed by atoms with Gasteiger partial charge in [-0.05, 0) is 36.4 Å². The van der Waals surface area contributed by atoms with Crippen molar-refractivity contribution in [3.8, 4) is 0 Å². The minimum atomic E-state index is -3.87. The van der Waals surface area contributed by atoms with Crippen molar-refractivity contribution < 1.29 is 13.2 Å². The maximum absolute atomic E-state index is 12.9. The summed E-state index contributed by atoms with van der Waals surface area (Å²) in [6.45, 7) is -0.276. The van der Waals surface area contributed by atoms with Gasteiger partial charge in [0.2, 0.25) is 5.91 Å². The Bertz CT molecular complexity index is 775. The molecule has 2 aromatic rings. The third-order valence-corrected chi connectivity index (χ3v) is 5.26. The van der Waals surface area contributed by atoms with Gasteiger partial charge in [0.15, 0.2) is 0 Å². The van der Waals surface area contributed by atoms with Crippen molar-refractivity contribution in [1.29, 1.82) is 0 Å². The fraction of sp³-hybridized carbons (Fsp3) is 0.188. The van der Waals surface area contributed by atoms with Gasteiger partial charge in [-0.3, -0.25) is 9.10 Å². The first-order valence-corrected chi connectivity index (χ1v) is 8.67. The van der Waals surface area contributed by atoms with Crippen LogP contribution in [0.3, 0.4) is 0 Å². The molecule has 2 rings (SSSR count). The third kappa shape index (κ3) is 4.03. The number of carbonyl (C=O) groups excluding carboxylic acids is 1. The van der Waals surface area contributed by atoms with E-state index in [9.17, 15) is 13.2 Å². The lowest BCUT2D eigenvalue weighted by molar-refractivity contribution is -0.127. The number of carbonyl (C=O) groups is 1. The van der Waals surface area contributed by atoms with Crippen molar-refractivity contribution in [2.24, 2.45) is 0 Å². The van der Waals surface area contributed by atoms with Crippen LogP contribution in [0, 0.1) is 0 Å². The van der Waals surface area contributed by atoms with Gasteiger partial charge < -0.3 is 4.90 Å². The highest BCUT2D eigenvalue weighted by Gasteiger charge is 2.27. The van der Waals surface area contributed by atoms with Crippen LogP contribution in [0.5, 0.6) is 0 Å². The quantitative estimate of drug-likeness (QED) is 0.831. The summed E-state index contributed by atoms with van der Waals surface area (Å²) in [7, 11) is -0.705. The van der Waals surface area contributed by atoms with Crippen LogP contribution in [0.2, 0.25) is 5.02 Å². The maximum atomic E-state index is 12.9. The first-order chi connectivity index (χ1) is 10.8. The molecule has 0 aromatic heterocycles. The van der Waals surface area contributed by atoms with E-state index in [1.807, 2.05) is 0 Å². The highest BCUT2D eigenvalue weighted by molar-refractivity contribution is 7.92. The number of nitrogens with zero attached hydrogens (tertiary/aromatic N) is 2. The number of para-hydroxylation sites is 1. The van der Waals surface area contributed by atoms with Crippen LogP contribution in [0.1, 0.15) is 0 Å². The monoisotopic (exact) mass is 352 g/mol.